The monoisotopic (exact) mass is 335 g/mol. The molecule has 0 bridgehead atoms. The second-order valence-corrected chi connectivity index (χ2v) is 6.68. The Hall–Kier alpha value is -1.52. The summed E-state index contributed by atoms with van der Waals surface area (Å²) in [4.78, 5) is 4.74. The Labute approximate surface area is 148 Å². The molecule has 1 aromatic heterocycles. The second-order valence-electron chi connectivity index (χ2n) is 6.68. The van der Waals surface area contributed by atoms with Crippen LogP contribution in [-0.2, 0) is 13.5 Å². The van der Waals surface area contributed by atoms with Crippen molar-refractivity contribution in [3.8, 4) is 0 Å². The zero-order chi connectivity index (χ0) is 17.9. The number of hydrogen-bond acceptors (Lipinski definition) is 2. The molecule has 0 aliphatic heterocycles. The van der Waals surface area contributed by atoms with Gasteiger partial charge in [0.25, 0.3) is 0 Å². The Morgan fingerprint density at radius 1 is 1.21 bits per heavy atom. The van der Waals surface area contributed by atoms with Crippen LogP contribution in [0.4, 0.5) is 0 Å². The molecule has 0 fully saturated rings. The number of nitrogens with one attached hydrogen (secondary N) is 2. The summed E-state index contributed by atoms with van der Waals surface area (Å²) in [5.41, 5.74) is 3.68. The van der Waals surface area contributed by atoms with Gasteiger partial charge in [0.1, 0.15) is 0 Å². The number of rotatable bonds is 10. The lowest BCUT2D eigenvalue weighted by Crippen LogP contribution is -2.42. The van der Waals surface area contributed by atoms with E-state index in [-0.39, 0.29) is 0 Å². The third kappa shape index (κ3) is 6.93. The van der Waals surface area contributed by atoms with Crippen LogP contribution in [0.1, 0.15) is 69.8 Å². The Morgan fingerprint density at radius 2 is 1.96 bits per heavy atom. The van der Waals surface area contributed by atoms with Crippen molar-refractivity contribution in [2.75, 3.05) is 13.1 Å². The first kappa shape index (κ1) is 20.5. The molecule has 0 saturated heterocycles. The fourth-order valence-corrected chi connectivity index (χ4v) is 2.96. The number of aromatic nitrogens is 2. The number of guanidine groups is 1. The van der Waals surface area contributed by atoms with Crippen molar-refractivity contribution in [3.05, 3.63) is 17.0 Å². The molecule has 0 aromatic carbocycles. The van der Waals surface area contributed by atoms with Crippen molar-refractivity contribution in [1.82, 2.24) is 20.4 Å². The molecule has 0 amide bonds. The molecule has 1 heterocycles. The van der Waals surface area contributed by atoms with E-state index in [1.807, 2.05) is 11.7 Å². The van der Waals surface area contributed by atoms with E-state index in [0.29, 0.717) is 6.04 Å². The van der Waals surface area contributed by atoms with E-state index >= 15 is 0 Å². The highest BCUT2D eigenvalue weighted by Gasteiger charge is 2.09. The zero-order valence-corrected chi connectivity index (χ0v) is 16.6. The predicted molar refractivity (Wildman–Crippen MR) is 104 cm³/mol. The van der Waals surface area contributed by atoms with Crippen molar-refractivity contribution in [3.63, 3.8) is 0 Å². The van der Waals surface area contributed by atoms with Gasteiger partial charge in [-0.3, -0.25) is 9.67 Å². The fourth-order valence-electron chi connectivity index (χ4n) is 2.96. The molecule has 1 atom stereocenters. The van der Waals surface area contributed by atoms with Gasteiger partial charge in [-0.25, -0.2) is 0 Å². The van der Waals surface area contributed by atoms with E-state index in [1.54, 1.807) is 0 Å². The van der Waals surface area contributed by atoms with E-state index in [4.69, 9.17) is 4.99 Å². The first-order chi connectivity index (χ1) is 11.5. The molecule has 5 heteroatoms. The predicted octanol–water partition coefficient (Wildman–Crippen LogP) is 3.49. The van der Waals surface area contributed by atoms with Crippen molar-refractivity contribution in [2.45, 2.75) is 79.2 Å². The molecule has 0 spiro atoms. The van der Waals surface area contributed by atoms with Crippen LogP contribution in [0.3, 0.4) is 0 Å². The quantitative estimate of drug-likeness (QED) is 0.391. The van der Waals surface area contributed by atoms with E-state index in [1.165, 1.54) is 43.4 Å². The smallest absolute Gasteiger partial charge is 0.191 e. The Balaban J connectivity index is 2.49. The summed E-state index contributed by atoms with van der Waals surface area (Å²) in [7, 11) is 2.00. The van der Waals surface area contributed by atoms with E-state index in [9.17, 15) is 0 Å². The largest absolute Gasteiger partial charge is 0.357 e. The molecule has 138 valence electrons. The van der Waals surface area contributed by atoms with Crippen LogP contribution in [0.5, 0.6) is 0 Å². The lowest BCUT2D eigenvalue weighted by atomic mass is 10.1. The van der Waals surface area contributed by atoms with Gasteiger partial charge in [-0.15, -0.1) is 0 Å². The molecule has 1 rings (SSSR count). The molecular formula is C19H37N5. The Morgan fingerprint density at radius 3 is 2.54 bits per heavy atom. The highest BCUT2D eigenvalue weighted by atomic mass is 15.3. The molecule has 2 N–H and O–H groups in total. The lowest BCUT2D eigenvalue weighted by molar-refractivity contribution is 0.537. The van der Waals surface area contributed by atoms with Crippen LogP contribution in [0.2, 0.25) is 0 Å². The van der Waals surface area contributed by atoms with Gasteiger partial charge < -0.3 is 10.6 Å². The van der Waals surface area contributed by atoms with Crippen molar-refractivity contribution in [1.29, 1.82) is 0 Å². The van der Waals surface area contributed by atoms with Gasteiger partial charge in [0.2, 0.25) is 0 Å². The van der Waals surface area contributed by atoms with Crippen LogP contribution < -0.4 is 10.6 Å². The first-order valence-electron chi connectivity index (χ1n) is 9.53. The summed E-state index contributed by atoms with van der Waals surface area (Å²) < 4.78 is 1.95. The molecule has 0 saturated carbocycles. The van der Waals surface area contributed by atoms with Crippen molar-refractivity contribution in [2.24, 2.45) is 12.0 Å². The molecule has 0 aliphatic carbocycles. The number of unbranched alkanes of at least 4 members (excludes halogenated alkanes) is 3. The first-order valence-corrected chi connectivity index (χ1v) is 9.53. The molecular weight excluding hydrogens is 298 g/mol. The number of aliphatic imine (C=N–C) groups is 1. The summed E-state index contributed by atoms with van der Waals surface area (Å²) in [6, 6.07) is 0.460. The second kappa shape index (κ2) is 11.1. The fraction of sp³-hybridized carbons (Fsp3) is 0.789. The van der Waals surface area contributed by atoms with E-state index in [0.717, 1.165) is 31.2 Å². The van der Waals surface area contributed by atoms with E-state index in [2.05, 4.69) is 50.4 Å². The van der Waals surface area contributed by atoms with Gasteiger partial charge in [0.15, 0.2) is 5.96 Å². The highest BCUT2D eigenvalue weighted by Crippen LogP contribution is 2.12. The van der Waals surface area contributed by atoms with E-state index < -0.39 is 0 Å². The summed E-state index contributed by atoms with van der Waals surface area (Å²) in [5, 5.41) is 11.4. The minimum Gasteiger partial charge on any atom is -0.357 e. The summed E-state index contributed by atoms with van der Waals surface area (Å²) in [6.45, 7) is 12.5. The minimum absolute atomic E-state index is 0.460. The maximum atomic E-state index is 4.74. The van der Waals surface area contributed by atoms with Crippen molar-refractivity contribution >= 4 is 5.96 Å². The van der Waals surface area contributed by atoms with Crippen LogP contribution in [0, 0.1) is 13.8 Å². The molecule has 24 heavy (non-hydrogen) atoms. The summed E-state index contributed by atoms with van der Waals surface area (Å²) in [6.07, 6.45) is 7.38. The third-order valence-electron chi connectivity index (χ3n) is 4.51. The normalized spacial score (nSPS) is 13.2. The van der Waals surface area contributed by atoms with Crippen molar-refractivity contribution < 1.29 is 0 Å². The lowest BCUT2D eigenvalue weighted by Gasteiger charge is -2.17. The topological polar surface area (TPSA) is 54.2 Å². The van der Waals surface area contributed by atoms with Gasteiger partial charge in [-0.05, 0) is 46.1 Å². The summed E-state index contributed by atoms with van der Waals surface area (Å²) >= 11 is 0. The van der Waals surface area contributed by atoms with Gasteiger partial charge in [-0.2, -0.15) is 5.10 Å². The zero-order valence-electron chi connectivity index (χ0n) is 16.6. The Kier molecular flexibility index (Phi) is 9.50. The average Bonchev–Trinajstić information content (AvgIpc) is 2.78. The minimum atomic E-state index is 0.460. The van der Waals surface area contributed by atoms with Crippen LogP contribution in [0.15, 0.2) is 4.99 Å². The molecule has 0 radical (unpaired) electrons. The average molecular weight is 336 g/mol. The molecule has 1 unspecified atom stereocenters. The molecule has 0 aliphatic rings. The standard InChI is InChI=1S/C19H37N5/c1-7-9-10-11-12-15(3)22-19(20-8-2)21-14-13-18-16(4)23-24(6)17(18)5/h15H,7-14H2,1-6H3,(H2,20,21,22). The summed E-state index contributed by atoms with van der Waals surface area (Å²) in [5.74, 6) is 0.930. The Bertz CT molecular complexity index is 504. The van der Waals surface area contributed by atoms with Gasteiger partial charge in [0.05, 0.1) is 5.69 Å². The van der Waals surface area contributed by atoms with Gasteiger partial charge in [-0.1, -0.05) is 32.6 Å². The SMILES string of the molecule is CCCCCCC(C)NC(=NCCc1c(C)nn(C)c1C)NCC. The number of aryl methyl sites for hydroxylation is 2. The number of hydrogen-bond donors (Lipinski definition) is 2. The molecule has 5 nitrogen and oxygen atoms in total. The highest BCUT2D eigenvalue weighted by molar-refractivity contribution is 5.80. The maximum Gasteiger partial charge on any atom is 0.191 e. The van der Waals surface area contributed by atoms with Crippen LogP contribution in [0.25, 0.3) is 0 Å². The van der Waals surface area contributed by atoms with Crippen LogP contribution in [-0.4, -0.2) is 34.9 Å². The van der Waals surface area contributed by atoms with Gasteiger partial charge in [0, 0.05) is 31.9 Å². The number of nitrogens with zero attached hydrogens (tertiary/aromatic N) is 3. The molecule has 1 aromatic rings. The van der Waals surface area contributed by atoms with Crippen LogP contribution >= 0.6 is 0 Å². The third-order valence-corrected chi connectivity index (χ3v) is 4.51. The van der Waals surface area contributed by atoms with Gasteiger partial charge >= 0.3 is 0 Å². The maximum absolute atomic E-state index is 4.74.